The van der Waals surface area contributed by atoms with E-state index in [0.29, 0.717) is 12.1 Å². The third kappa shape index (κ3) is 3.28. The van der Waals surface area contributed by atoms with Gasteiger partial charge in [0.1, 0.15) is 5.00 Å². The molecule has 0 atom stereocenters. The second-order valence-corrected chi connectivity index (χ2v) is 6.57. The Morgan fingerprint density at radius 1 is 1.16 bits per heavy atom. The number of para-hydroxylation sites is 1. The van der Waals surface area contributed by atoms with Gasteiger partial charge >= 0.3 is 0 Å². The standard InChI is InChI=1S/C18H21N5OS/c1-11-15(13(3)23(21-11)14-8-6-5-7-9-14)10-20-17(24)16-12(2)22-25-18(16)19-4/h5-9,19H,10H2,1-4H3,(H,20,24). The summed E-state index contributed by atoms with van der Waals surface area (Å²) in [5.74, 6) is -0.123. The zero-order valence-corrected chi connectivity index (χ0v) is 15.6. The Morgan fingerprint density at radius 3 is 2.56 bits per heavy atom. The van der Waals surface area contributed by atoms with Crippen molar-refractivity contribution in [2.45, 2.75) is 27.3 Å². The zero-order chi connectivity index (χ0) is 18.0. The molecule has 1 aromatic carbocycles. The lowest BCUT2D eigenvalue weighted by molar-refractivity contribution is 0.0951. The average Bonchev–Trinajstić information content (AvgIpc) is 3.13. The topological polar surface area (TPSA) is 71.8 Å². The van der Waals surface area contributed by atoms with E-state index < -0.39 is 0 Å². The molecule has 0 unspecified atom stereocenters. The van der Waals surface area contributed by atoms with E-state index in [2.05, 4.69) is 20.1 Å². The van der Waals surface area contributed by atoms with Crippen molar-refractivity contribution in [2.75, 3.05) is 12.4 Å². The van der Waals surface area contributed by atoms with E-state index >= 15 is 0 Å². The molecule has 0 fully saturated rings. The fourth-order valence-corrected chi connectivity index (χ4v) is 3.56. The zero-order valence-electron chi connectivity index (χ0n) is 14.8. The predicted octanol–water partition coefficient (Wildman–Crippen LogP) is 3.23. The van der Waals surface area contributed by atoms with Crippen molar-refractivity contribution >= 4 is 22.4 Å². The predicted molar refractivity (Wildman–Crippen MR) is 101 cm³/mol. The van der Waals surface area contributed by atoms with Gasteiger partial charge in [-0.15, -0.1) is 0 Å². The summed E-state index contributed by atoms with van der Waals surface area (Å²) in [6, 6.07) is 9.98. The van der Waals surface area contributed by atoms with Gasteiger partial charge in [-0.25, -0.2) is 4.68 Å². The monoisotopic (exact) mass is 355 g/mol. The van der Waals surface area contributed by atoms with Crippen LogP contribution < -0.4 is 10.6 Å². The van der Waals surface area contributed by atoms with Gasteiger partial charge in [-0.1, -0.05) is 18.2 Å². The summed E-state index contributed by atoms with van der Waals surface area (Å²) >= 11 is 1.30. The number of nitrogens with zero attached hydrogens (tertiary/aromatic N) is 3. The van der Waals surface area contributed by atoms with E-state index in [1.165, 1.54) is 11.5 Å². The quantitative estimate of drug-likeness (QED) is 0.737. The Hall–Kier alpha value is -2.67. The lowest BCUT2D eigenvalue weighted by Crippen LogP contribution is -2.24. The maximum atomic E-state index is 12.6. The second-order valence-electron chi connectivity index (χ2n) is 5.80. The first kappa shape index (κ1) is 17.2. The van der Waals surface area contributed by atoms with Crippen molar-refractivity contribution in [1.82, 2.24) is 19.5 Å². The minimum absolute atomic E-state index is 0.123. The first-order valence-corrected chi connectivity index (χ1v) is 8.83. The molecule has 3 rings (SSSR count). The third-order valence-corrected chi connectivity index (χ3v) is 5.14. The Kier molecular flexibility index (Phi) is 4.85. The van der Waals surface area contributed by atoms with Crippen LogP contribution in [0.2, 0.25) is 0 Å². The van der Waals surface area contributed by atoms with Crippen LogP contribution in [0.5, 0.6) is 0 Å². The number of hydrogen-bond donors (Lipinski definition) is 2. The summed E-state index contributed by atoms with van der Waals surface area (Å²) in [6.07, 6.45) is 0. The Morgan fingerprint density at radius 2 is 1.88 bits per heavy atom. The van der Waals surface area contributed by atoms with Crippen LogP contribution in [0.3, 0.4) is 0 Å². The number of amides is 1. The van der Waals surface area contributed by atoms with Gasteiger partial charge in [0.15, 0.2) is 0 Å². The van der Waals surface area contributed by atoms with Gasteiger partial charge in [-0.3, -0.25) is 4.79 Å². The molecule has 2 heterocycles. The van der Waals surface area contributed by atoms with Crippen LogP contribution in [-0.4, -0.2) is 27.1 Å². The molecule has 0 bridgehead atoms. The molecule has 0 aliphatic heterocycles. The van der Waals surface area contributed by atoms with Crippen LogP contribution in [0, 0.1) is 20.8 Å². The highest BCUT2D eigenvalue weighted by atomic mass is 32.1. The Labute approximate surface area is 151 Å². The number of nitrogens with one attached hydrogen (secondary N) is 2. The highest BCUT2D eigenvalue weighted by Crippen LogP contribution is 2.24. The van der Waals surface area contributed by atoms with Gasteiger partial charge in [0, 0.05) is 24.8 Å². The van der Waals surface area contributed by atoms with E-state index in [9.17, 15) is 4.79 Å². The van der Waals surface area contributed by atoms with E-state index in [1.54, 1.807) is 7.05 Å². The van der Waals surface area contributed by atoms with E-state index in [1.807, 2.05) is 55.8 Å². The number of carbonyl (C=O) groups excluding carboxylic acids is 1. The lowest BCUT2D eigenvalue weighted by atomic mass is 10.1. The van der Waals surface area contributed by atoms with Crippen LogP contribution in [0.4, 0.5) is 5.00 Å². The maximum absolute atomic E-state index is 12.6. The largest absolute Gasteiger partial charge is 0.378 e. The number of aryl methyl sites for hydroxylation is 2. The summed E-state index contributed by atoms with van der Waals surface area (Å²) in [4.78, 5) is 12.6. The number of rotatable bonds is 5. The molecule has 1 amide bonds. The Balaban J connectivity index is 1.81. The summed E-state index contributed by atoms with van der Waals surface area (Å²) in [6.45, 7) is 6.26. The minimum atomic E-state index is -0.123. The van der Waals surface area contributed by atoms with Crippen LogP contribution >= 0.6 is 11.5 Å². The van der Waals surface area contributed by atoms with Crippen molar-refractivity contribution in [3.05, 3.63) is 58.5 Å². The molecule has 0 aliphatic carbocycles. The SMILES string of the molecule is CNc1snc(C)c1C(=O)NCc1c(C)nn(-c2ccccc2)c1C. The van der Waals surface area contributed by atoms with Crippen LogP contribution in [0.1, 0.15) is 33.0 Å². The average molecular weight is 355 g/mol. The number of anilines is 1. The number of carbonyl (C=O) groups is 1. The van der Waals surface area contributed by atoms with Gasteiger partial charge < -0.3 is 10.6 Å². The molecule has 0 radical (unpaired) electrons. The molecule has 25 heavy (non-hydrogen) atoms. The minimum Gasteiger partial charge on any atom is -0.378 e. The maximum Gasteiger partial charge on any atom is 0.256 e. The molecule has 0 saturated carbocycles. The molecule has 0 saturated heterocycles. The first-order chi connectivity index (χ1) is 12.0. The van der Waals surface area contributed by atoms with Crippen molar-refractivity contribution in [3.8, 4) is 5.69 Å². The fraction of sp³-hybridized carbons (Fsp3) is 0.278. The van der Waals surface area contributed by atoms with Crippen molar-refractivity contribution in [3.63, 3.8) is 0 Å². The number of aromatic nitrogens is 3. The summed E-state index contributed by atoms with van der Waals surface area (Å²) in [5, 5.41) is 11.4. The molecule has 130 valence electrons. The van der Waals surface area contributed by atoms with Gasteiger partial charge in [0.05, 0.1) is 22.6 Å². The molecule has 6 nitrogen and oxygen atoms in total. The van der Waals surface area contributed by atoms with E-state index in [-0.39, 0.29) is 5.91 Å². The van der Waals surface area contributed by atoms with Gasteiger partial charge in [0.2, 0.25) is 0 Å². The van der Waals surface area contributed by atoms with Gasteiger partial charge in [0.25, 0.3) is 5.91 Å². The first-order valence-electron chi connectivity index (χ1n) is 8.05. The molecule has 0 aliphatic rings. The lowest BCUT2D eigenvalue weighted by Gasteiger charge is -2.08. The molecular weight excluding hydrogens is 334 g/mol. The highest BCUT2D eigenvalue weighted by Gasteiger charge is 2.19. The third-order valence-electron chi connectivity index (χ3n) is 4.18. The second kappa shape index (κ2) is 7.06. The molecule has 2 N–H and O–H groups in total. The normalized spacial score (nSPS) is 10.7. The summed E-state index contributed by atoms with van der Waals surface area (Å²) < 4.78 is 6.15. The molecule has 7 heteroatoms. The number of benzene rings is 1. The van der Waals surface area contributed by atoms with Crippen LogP contribution in [0.15, 0.2) is 30.3 Å². The number of hydrogen-bond acceptors (Lipinski definition) is 5. The fourth-order valence-electron chi connectivity index (χ4n) is 2.82. The van der Waals surface area contributed by atoms with Crippen molar-refractivity contribution in [2.24, 2.45) is 0 Å². The van der Waals surface area contributed by atoms with E-state index in [4.69, 9.17) is 0 Å². The van der Waals surface area contributed by atoms with Crippen molar-refractivity contribution < 1.29 is 4.79 Å². The highest BCUT2D eigenvalue weighted by molar-refractivity contribution is 7.10. The smallest absolute Gasteiger partial charge is 0.256 e. The summed E-state index contributed by atoms with van der Waals surface area (Å²) in [7, 11) is 1.79. The van der Waals surface area contributed by atoms with Gasteiger partial charge in [-0.2, -0.15) is 9.47 Å². The van der Waals surface area contributed by atoms with Crippen molar-refractivity contribution in [1.29, 1.82) is 0 Å². The molecule has 3 aromatic rings. The van der Waals surface area contributed by atoms with Crippen LogP contribution in [-0.2, 0) is 6.54 Å². The van der Waals surface area contributed by atoms with Crippen LogP contribution in [0.25, 0.3) is 5.69 Å². The summed E-state index contributed by atoms with van der Waals surface area (Å²) in [5.41, 5.74) is 5.33. The molecule has 0 spiro atoms. The van der Waals surface area contributed by atoms with Gasteiger partial charge in [-0.05, 0) is 44.4 Å². The Bertz CT molecular complexity index is 898. The molecule has 2 aromatic heterocycles. The van der Waals surface area contributed by atoms with E-state index in [0.717, 1.165) is 33.3 Å². The molecular formula is C18H21N5OS.